The number of carbonyl (C=O) groups is 1. The third-order valence-electron chi connectivity index (χ3n) is 4.62. The second-order valence-corrected chi connectivity index (χ2v) is 7.00. The van der Waals surface area contributed by atoms with Gasteiger partial charge in [0.25, 0.3) is 5.69 Å². The number of amides is 1. The van der Waals surface area contributed by atoms with Gasteiger partial charge in [-0.05, 0) is 25.2 Å². The van der Waals surface area contributed by atoms with E-state index in [4.69, 9.17) is 11.6 Å². The number of hydrogen-bond donors (Lipinski definition) is 1. The molecule has 0 radical (unpaired) electrons. The molecule has 2 aromatic rings. The van der Waals surface area contributed by atoms with Crippen molar-refractivity contribution < 1.29 is 9.72 Å². The minimum absolute atomic E-state index is 0.0574. The number of nitrogens with zero attached hydrogens (tertiary/aromatic N) is 3. The minimum atomic E-state index is -0.475. The quantitative estimate of drug-likeness (QED) is 0.628. The summed E-state index contributed by atoms with van der Waals surface area (Å²) in [6, 6.07) is 11.7. The molecule has 0 unspecified atom stereocenters. The van der Waals surface area contributed by atoms with E-state index in [1.54, 1.807) is 30.3 Å². The average molecular weight is 389 g/mol. The molecule has 8 heteroatoms. The highest BCUT2D eigenvalue weighted by atomic mass is 35.5. The summed E-state index contributed by atoms with van der Waals surface area (Å²) in [6.07, 6.45) is -0.0775. The highest BCUT2D eigenvalue weighted by Gasteiger charge is 2.20. The zero-order valence-corrected chi connectivity index (χ0v) is 15.8. The van der Waals surface area contributed by atoms with E-state index in [1.807, 2.05) is 6.07 Å². The summed E-state index contributed by atoms with van der Waals surface area (Å²) in [6.45, 7) is 3.58. The van der Waals surface area contributed by atoms with E-state index >= 15 is 0 Å². The maximum atomic E-state index is 12.6. The largest absolute Gasteiger partial charge is 0.367 e. The number of nitro groups is 1. The molecule has 0 aromatic heterocycles. The zero-order valence-electron chi connectivity index (χ0n) is 15.0. The molecule has 142 valence electrons. The van der Waals surface area contributed by atoms with Gasteiger partial charge in [-0.2, -0.15) is 0 Å². The van der Waals surface area contributed by atoms with Crippen molar-refractivity contribution in [1.82, 2.24) is 4.90 Å². The zero-order chi connectivity index (χ0) is 19.4. The maximum absolute atomic E-state index is 12.6. The van der Waals surface area contributed by atoms with Gasteiger partial charge in [0.2, 0.25) is 5.91 Å². The van der Waals surface area contributed by atoms with E-state index in [0.717, 1.165) is 31.9 Å². The lowest BCUT2D eigenvalue weighted by atomic mass is 10.1. The monoisotopic (exact) mass is 388 g/mol. The molecule has 1 fully saturated rings. The van der Waals surface area contributed by atoms with Crippen LogP contribution in [0, 0.1) is 10.1 Å². The number of anilines is 2. The van der Waals surface area contributed by atoms with Crippen LogP contribution < -0.4 is 10.2 Å². The topological polar surface area (TPSA) is 78.7 Å². The number of nitro benzene ring substituents is 1. The number of likely N-dealkylation sites (N-methyl/N-ethyl adjacent to an activating group) is 1. The van der Waals surface area contributed by atoms with Gasteiger partial charge < -0.3 is 15.1 Å². The Morgan fingerprint density at radius 2 is 1.89 bits per heavy atom. The first-order valence-electron chi connectivity index (χ1n) is 8.69. The van der Waals surface area contributed by atoms with Gasteiger partial charge >= 0.3 is 0 Å². The molecule has 1 N–H and O–H groups in total. The molecule has 0 bridgehead atoms. The molecular weight excluding hydrogens is 368 g/mol. The summed E-state index contributed by atoms with van der Waals surface area (Å²) in [7, 11) is 2.08. The molecule has 7 nitrogen and oxygen atoms in total. The van der Waals surface area contributed by atoms with Gasteiger partial charge in [0.05, 0.1) is 22.7 Å². The van der Waals surface area contributed by atoms with Crippen LogP contribution in [0.2, 0.25) is 5.02 Å². The van der Waals surface area contributed by atoms with Gasteiger partial charge in [0.15, 0.2) is 0 Å². The van der Waals surface area contributed by atoms with E-state index < -0.39 is 4.92 Å². The number of piperazine rings is 1. The Kier molecular flexibility index (Phi) is 5.93. The first-order valence-corrected chi connectivity index (χ1v) is 9.07. The predicted molar refractivity (Wildman–Crippen MR) is 107 cm³/mol. The molecule has 27 heavy (non-hydrogen) atoms. The molecule has 1 heterocycles. The molecule has 2 aromatic carbocycles. The minimum Gasteiger partial charge on any atom is -0.367 e. The lowest BCUT2D eigenvalue weighted by Crippen LogP contribution is -2.44. The van der Waals surface area contributed by atoms with Crippen LogP contribution in [0.1, 0.15) is 5.56 Å². The molecule has 3 rings (SSSR count). The summed E-state index contributed by atoms with van der Waals surface area (Å²) in [5, 5.41) is 14.5. The lowest BCUT2D eigenvalue weighted by Gasteiger charge is -2.35. The summed E-state index contributed by atoms with van der Waals surface area (Å²) < 4.78 is 0. The van der Waals surface area contributed by atoms with E-state index in [0.29, 0.717) is 16.3 Å². The van der Waals surface area contributed by atoms with Crippen molar-refractivity contribution in [3.63, 3.8) is 0 Å². The first-order chi connectivity index (χ1) is 12.9. The maximum Gasteiger partial charge on any atom is 0.273 e. The third-order valence-corrected chi connectivity index (χ3v) is 4.85. The van der Waals surface area contributed by atoms with Gasteiger partial charge in [-0.25, -0.2) is 0 Å². The van der Waals surface area contributed by atoms with Crippen LogP contribution in [0.4, 0.5) is 17.1 Å². The SMILES string of the molecule is CN1CCN(c2ccc(Cl)cc2NC(=O)Cc2ccccc2[N+](=O)[O-])CC1. The normalized spacial score (nSPS) is 14.8. The Bertz CT molecular complexity index is 851. The van der Waals surface area contributed by atoms with Crippen molar-refractivity contribution in [1.29, 1.82) is 0 Å². The van der Waals surface area contributed by atoms with Crippen LogP contribution in [0.5, 0.6) is 0 Å². The Labute approximate surface area is 162 Å². The highest BCUT2D eigenvalue weighted by molar-refractivity contribution is 6.31. The van der Waals surface area contributed by atoms with Crippen LogP contribution in [0.25, 0.3) is 0 Å². The number of hydrogen-bond acceptors (Lipinski definition) is 5. The molecule has 0 spiro atoms. The van der Waals surface area contributed by atoms with Crippen molar-refractivity contribution in [2.24, 2.45) is 0 Å². The summed E-state index contributed by atoms with van der Waals surface area (Å²) in [4.78, 5) is 27.7. The van der Waals surface area contributed by atoms with Crippen LogP contribution >= 0.6 is 11.6 Å². The van der Waals surface area contributed by atoms with E-state index in [1.165, 1.54) is 6.07 Å². The van der Waals surface area contributed by atoms with E-state index in [9.17, 15) is 14.9 Å². The molecular formula is C19H21ClN4O3. The summed E-state index contributed by atoms with van der Waals surface area (Å²) >= 11 is 6.12. The van der Waals surface area contributed by atoms with Gasteiger partial charge in [-0.3, -0.25) is 14.9 Å². The summed E-state index contributed by atoms with van der Waals surface area (Å²) in [5.74, 6) is -0.318. The summed E-state index contributed by atoms with van der Waals surface area (Å²) in [5.41, 5.74) is 1.85. The molecule has 0 aliphatic carbocycles. The molecule has 1 aliphatic heterocycles. The molecule has 1 amide bonds. The fraction of sp³-hybridized carbons (Fsp3) is 0.316. The number of nitrogens with one attached hydrogen (secondary N) is 1. The van der Waals surface area contributed by atoms with Gasteiger partial charge in [0.1, 0.15) is 0 Å². The van der Waals surface area contributed by atoms with Gasteiger partial charge in [-0.1, -0.05) is 29.8 Å². The van der Waals surface area contributed by atoms with Crippen LogP contribution in [-0.4, -0.2) is 49.0 Å². The van der Waals surface area contributed by atoms with E-state index in [-0.39, 0.29) is 18.0 Å². The third kappa shape index (κ3) is 4.75. The van der Waals surface area contributed by atoms with Crippen LogP contribution in [-0.2, 0) is 11.2 Å². The number of rotatable bonds is 5. The van der Waals surface area contributed by atoms with Crippen LogP contribution in [0.15, 0.2) is 42.5 Å². The smallest absolute Gasteiger partial charge is 0.273 e. The number of para-hydroxylation sites is 1. The molecule has 0 saturated carbocycles. The van der Waals surface area contributed by atoms with Crippen molar-refractivity contribution in [3.05, 3.63) is 63.2 Å². The first kappa shape index (κ1) is 19.1. The number of benzene rings is 2. The van der Waals surface area contributed by atoms with Crippen molar-refractivity contribution >= 4 is 34.6 Å². The van der Waals surface area contributed by atoms with Gasteiger partial charge in [-0.15, -0.1) is 0 Å². The van der Waals surface area contributed by atoms with Crippen molar-refractivity contribution in [3.8, 4) is 0 Å². The second-order valence-electron chi connectivity index (χ2n) is 6.56. The average Bonchev–Trinajstić information content (AvgIpc) is 2.63. The van der Waals surface area contributed by atoms with Crippen molar-refractivity contribution in [2.75, 3.05) is 43.4 Å². The van der Waals surface area contributed by atoms with Crippen molar-refractivity contribution in [2.45, 2.75) is 6.42 Å². The lowest BCUT2D eigenvalue weighted by molar-refractivity contribution is -0.385. The number of halogens is 1. The standard InChI is InChI=1S/C19H21ClN4O3/c1-22-8-10-23(11-9-22)18-7-6-15(20)13-16(18)21-19(25)12-14-4-2-3-5-17(14)24(26)27/h2-7,13H,8-12H2,1H3,(H,21,25). The fourth-order valence-corrected chi connectivity index (χ4v) is 3.31. The second kappa shape index (κ2) is 8.37. The highest BCUT2D eigenvalue weighted by Crippen LogP contribution is 2.30. The Morgan fingerprint density at radius 3 is 2.59 bits per heavy atom. The fourth-order valence-electron chi connectivity index (χ4n) is 3.14. The Morgan fingerprint density at radius 1 is 1.19 bits per heavy atom. The van der Waals surface area contributed by atoms with E-state index in [2.05, 4.69) is 22.2 Å². The molecule has 1 saturated heterocycles. The molecule has 0 atom stereocenters. The Balaban J connectivity index is 1.78. The Hall–Kier alpha value is -2.64. The van der Waals surface area contributed by atoms with Gasteiger partial charge in [0, 0.05) is 42.8 Å². The number of carbonyl (C=O) groups excluding carboxylic acids is 1. The van der Waals surface area contributed by atoms with Crippen LogP contribution in [0.3, 0.4) is 0 Å². The molecule has 1 aliphatic rings. The predicted octanol–water partition coefficient (Wildman–Crippen LogP) is 3.18.